The van der Waals surface area contributed by atoms with E-state index >= 15 is 0 Å². The number of nitrogens with one attached hydrogen (secondary N) is 1. The third kappa shape index (κ3) is 7.98. The lowest BCUT2D eigenvalue weighted by Gasteiger charge is -2.22. The third-order valence-corrected chi connectivity index (χ3v) is 1.61. The molecule has 0 aliphatic heterocycles. The summed E-state index contributed by atoms with van der Waals surface area (Å²) in [5, 5.41) is 3.28. The molecule has 0 aromatic rings. The van der Waals surface area contributed by atoms with E-state index in [1.54, 1.807) is 0 Å². The zero-order chi connectivity index (χ0) is 9.61. The van der Waals surface area contributed by atoms with E-state index in [-0.39, 0.29) is 6.17 Å². The van der Waals surface area contributed by atoms with Gasteiger partial charge in [-0.3, -0.25) is 0 Å². The quantitative estimate of drug-likeness (QED) is 0.535. The van der Waals surface area contributed by atoms with Crippen LogP contribution in [0, 0.1) is 5.41 Å². The van der Waals surface area contributed by atoms with Crippen LogP contribution in [0.5, 0.6) is 0 Å². The highest BCUT2D eigenvalue weighted by Crippen LogP contribution is 2.10. The topological polar surface area (TPSA) is 64.1 Å². The van der Waals surface area contributed by atoms with Gasteiger partial charge >= 0.3 is 0 Å². The molecular formula is C9H23N3. The molecule has 0 aliphatic rings. The summed E-state index contributed by atoms with van der Waals surface area (Å²) in [5.41, 5.74) is 11.5. The second-order valence-electron chi connectivity index (χ2n) is 4.48. The maximum Gasteiger partial charge on any atom is 0.0546 e. The van der Waals surface area contributed by atoms with Gasteiger partial charge in [0.15, 0.2) is 0 Å². The minimum atomic E-state index is 0.104. The van der Waals surface area contributed by atoms with Crippen LogP contribution in [-0.2, 0) is 0 Å². The van der Waals surface area contributed by atoms with E-state index in [2.05, 4.69) is 26.1 Å². The van der Waals surface area contributed by atoms with Crippen molar-refractivity contribution in [2.75, 3.05) is 13.1 Å². The maximum atomic E-state index is 5.80. The van der Waals surface area contributed by atoms with Gasteiger partial charge in [-0.25, -0.2) is 0 Å². The molecule has 0 bridgehead atoms. The number of hydrogen-bond acceptors (Lipinski definition) is 3. The lowest BCUT2D eigenvalue weighted by Crippen LogP contribution is -2.42. The Labute approximate surface area is 75.9 Å². The fraction of sp³-hybridized carbons (Fsp3) is 1.00. The number of nitrogens with two attached hydrogens (primary N) is 2. The standard InChI is InChI=1S/C9H23N3/c1-9(2,3)7-12-8(11)5-4-6-10/h8,12H,4-7,10-11H2,1-3H3. The molecular weight excluding hydrogens is 150 g/mol. The lowest BCUT2D eigenvalue weighted by atomic mass is 9.97. The summed E-state index contributed by atoms with van der Waals surface area (Å²) in [4.78, 5) is 0. The van der Waals surface area contributed by atoms with Gasteiger partial charge in [-0.1, -0.05) is 20.8 Å². The minimum absolute atomic E-state index is 0.104. The Morgan fingerprint density at radius 3 is 2.33 bits per heavy atom. The molecule has 1 atom stereocenters. The molecule has 0 fully saturated rings. The first-order valence-electron chi connectivity index (χ1n) is 4.65. The molecule has 0 heterocycles. The van der Waals surface area contributed by atoms with Gasteiger partial charge in [0.1, 0.15) is 0 Å². The summed E-state index contributed by atoms with van der Waals surface area (Å²) in [7, 11) is 0. The van der Waals surface area contributed by atoms with Crippen molar-refractivity contribution < 1.29 is 0 Å². The minimum Gasteiger partial charge on any atom is -0.330 e. The summed E-state index contributed by atoms with van der Waals surface area (Å²) < 4.78 is 0. The zero-order valence-corrected chi connectivity index (χ0v) is 8.56. The van der Waals surface area contributed by atoms with E-state index in [0.717, 1.165) is 25.9 Å². The summed E-state index contributed by atoms with van der Waals surface area (Å²) >= 11 is 0. The predicted molar refractivity (Wildman–Crippen MR) is 53.7 cm³/mol. The molecule has 74 valence electrons. The van der Waals surface area contributed by atoms with Gasteiger partial charge in [0, 0.05) is 6.54 Å². The van der Waals surface area contributed by atoms with Crippen molar-refractivity contribution in [2.45, 2.75) is 39.8 Å². The summed E-state index contributed by atoms with van der Waals surface area (Å²) in [5.74, 6) is 0. The Morgan fingerprint density at radius 1 is 1.33 bits per heavy atom. The van der Waals surface area contributed by atoms with Crippen LogP contribution in [0.3, 0.4) is 0 Å². The SMILES string of the molecule is CC(C)(C)CNC(N)CCCN. The second kappa shape index (κ2) is 5.51. The van der Waals surface area contributed by atoms with Gasteiger partial charge < -0.3 is 16.8 Å². The Bertz CT molecular complexity index is 107. The smallest absolute Gasteiger partial charge is 0.0546 e. The van der Waals surface area contributed by atoms with Crippen LogP contribution >= 0.6 is 0 Å². The van der Waals surface area contributed by atoms with E-state index in [1.165, 1.54) is 0 Å². The average molecular weight is 173 g/mol. The maximum absolute atomic E-state index is 5.80. The van der Waals surface area contributed by atoms with E-state index < -0.39 is 0 Å². The van der Waals surface area contributed by atoms with Crippen LogP contribution in [0.15, 0.2) is 0 Å². The highest BCUT2D eigenvalue weighted by atomic mass is 15.0. The van der Waals surface area contributed by atoms with Crippen molar-refractivity contribution in [1.82, 2.24) is 5.32 Å². The Kier molecular flexibility index (Phi) is 5.46. The first kappa shape index (κ1) is 11.9. The molecule has 0 aromatic heterocycles. The third-order valence-electron chi connectivity index (χ3n) is 1.61. The largest absolute Gasteiger partial charge is 0.330 e. The Hall–Kier alpha value is -0.120. The average Bonchev–Trinajstić information content (AvgIpc) is 1.95. The molecule has 0 saturated carbocycles. The van der Waals surface area contributed by atoms with Crippen LogP contribution in [0.25, 0.3) is 0 Å². The van der Waals surface area contributed by atoms with Crippen molar-refractivity contribution in [3.8, 4) is 0 Å². The number of rotatable bonds is 5. The highest BCUT2D eigenvalue weighted by molar-refractivity contribution is 4.68. The van der Waals surface area contributed by atoms with E-state index in [0.29, 0.717) is 5.41 Å². The summed E-state index contributed by atoms with van der Waals surface area (Å²) in [6.45, 7) is 8.25. The van der Waals surface area contributed by atoms with E-state index in [4.69, 9.17) is 11.5 Å². The first-order valence-corrected chi connectivity index (χ1v) is 4.65. The number of hydrogen-bond donors (Lipinski definition) is 3. The fourth-order valence-electron chi connectivity index (χ4n) is 0.877. The molecule has 3 nitrogen and oxygen atoms in total. The van der Waals surface area contributed by atoms with Crippen LogP contribution in [0.2, 0.25) is 0 Å². The van der Waals surface area contributed by atoms with Crippen LogP contribution in [0.4, 0.5) is 0 Å². The Morgan fingerprint density at radius 2 is 1.92 bits per heavy atom. The van der Waals surface area contributed by atoms with Gasteiger partial charge in [-0.2, -0.15) is 0 Å². The molecule has 0 spiro atoms. The summed E-state index contributed by atoms with van der Waals surface area (Å²) in [6.07, 6.45) is 2.07. The van der Waals surface area contributed by atoms with E-state index in [1.807, 2.05) is 0 Å². The van der Waals surface area contributed by atoms with Crippen molar-refractivity contribution in [3.63, 3.8) is 0 Å². The van der Waals surface area contributed by atoms with E-state index in [9.17, 15) is 0 Å². The Balaban J connectivity index is 3.37. The molecule has 0 aliphatic carbocycles. The van der Waals surface area contributed by atoms with Crippen molar-refractivity contribution in [2.24, 2.45) is 16.9 Å². The molecule has 0 radical (unpaired) electrons. The molecule has 3 heteroatoms. The molecule has 0 rings (SSSR count). The van der Waals surface area contributed by atoms with Crippen LogP contribution in [-0.4, -0.2) is 19.3 Å². The monoisotopic (exact) mass is 173 g/mol. The van der Waals surface area contributed by atoms with Crippen LogP contribution in [0.1, 0.15) is 33.6 Å². The molecule has 12 heavy (non-hydrogen) atoms. The zero-order valence-electron chi connectivity index (χ0n) is 8.56. The molecule has 1 unspecified atom stereocenters. The van der Waals surface area contributed by atoms with Crippen LogP contribution < -0.4 is 16.8 Å². The van der Waals surface area contributed by atoms with Gasteiger partial charge in [0.25, 0.3) is 0 Å². The normalized spacial score (nSPS) is 14.8. The van der Waals surface area contributed by atoms with Gasteiger partial charge in [-0.15, -0.1) is 0 Å². The van der Waals surface area contributed by atoms with Crippen molar-refractivity contribution in [1.29, 1.82) is 0 Å². The second-order valence-corrected chi connectivity index (χ2v) is 4.48. The van der Waals surface area contributed by atoms with Crippen molar-refractivity contribution in [3.05, 3.63) is 0 Å². The summed E-state index contributed by atoms with van der Waals surface area (Å²) in [6, 6.07) is 0. The molecule has 0 amide bonds. The van der Waals surface area contributed by atoms with Crippen molar-refractivity contribution >= 4 is 0 Å². The lowest BCUT2D eigenvalue weighted by molar-refractivity contribution is 0.343. The van der Waals surface area contributed by atoms with Gasteiger partial charge in [-0.05, 0) is 24.8 Å². The predicted octanol–water partition coefficient (Wildman–Crippen LogP) is 0.646. The molecule has 5 N–H and O–H groups in total. The fourth-order valence-corrected chi connectivity index (χ4v) is 0.877. The molecule has 0 aromatic carbocycles. The first-order chi connectivity index (χ1) is 5.45. The molecule has 0 saturated heterocycles. The highest BCUT2D eigenvalue weighted by Gasteiger charge is 2.11. The van der Waals surface area contributed by atoms with Gasteiger partial charge in [0.2, 0.25) is 0 Å². The van der Waals surface area contributed by atoms with Gasteiger partial charge in [0.05, 0.1) is 6.17 Å².